The number of imidazole rings is 1. The van der Waals surface area contributed by atoms with E-state index in [9.17, 15) is 18.0 Å². The number of nitrogens with one attached hydrogen (secondary N) is 1. The molecule has 0 spiro atoms. The first-order chi connectivity index (χ1) is 10.9. The van der Waals surface area contributed by atoms with Gasteiger partial charge in [0.2, 0.25) is 5.78 Å². The third-order valence-electron chi connectivity index (χ3n) is 3.65. The molecular formula is C15H11F3N4O. The summed E-state index contributed by atoms with van der Waals surface area (Å²) < 4.78 is 41.3. The van der Waals surface area contributed by atoms with E-state index < -0.39 is 23.1 Å². The first-order valence-electron chi connectivity index (χ1n) is 6.80. The summed E-state index contributed by atoms with van der Waals surface area (Å²) in [7, 11) is 0. The number of ketones is 1. The van der Waals surface area contributed by atoms with Crippen LogP contribution in [-0.4, -0.2) is 21.9 Å². The fourth-order valence-corrected chi connectivity index (χ4v) is 2.55. The van der Waals surface area contributed by atoms with Gasteiger partial charge in [0.15, 0.2) is 5.69 Å². The fraction of sp³-hybridized carbons (Fsp3) is 0.267. The second-order valence-corrected chi connectivity index (χ2v) is 5.06. The number of rotatable bonds is 2. The molecule has 0 unspecified atom stereocenters. The standard InChI is InChI=1S/C15H11F3N4O/c1-19-9-2-3-10(11(6-9)15(16,17)18)14(23)12-7-21-13-8-20-4-5-22(12)13/h2-3,6-7,20H,4-5,8H2. The topological polar surface area (TPSA) is 51.3 Å². The molecule has 1 aromatic carbocycles. The Morgan fingerprint density at radius 3 is 2.87 bits per heavy atom. The number of carbonyl (C=O) groups is 1. The third-order valence-corrected chi connectivity index (χ3v) is 3.65. The van der Waals surface area contributed by atoms with Gasteiger partial charge in [0, 0.05) is 18.7 Å². The lowest BCUT2D eigenvalue weighted by Crippen LogP contribution is -2.30. The fourth-order valence-electron chi connectivity index (χ4n) is 2.55. The molecule has 2 heterocycles. The van der Waals surface area contributed by atoms with Crippen molar-refractivity contribution in [2.75, 3.05) is 6.54 Å². The second kappa shape index (κ2) is 5.52. The summed E-state index contributed by atoms with van der Waals surface area (Å²) in [5.41, 5.74) is -1.59. The Bertz CT molecular complexity index is 817. The number of alkyl halides is 3. The van der Waals surface area contributed by atoms with Crippen LogP contribution in [0.5, 0.6) is 0 Å². The molecule has 0 amide bonds. The Balaban J connectivity index is 2.10. The van der Waals surface area contributed by atoms with Gasteiger partial charge in [-0.2, -0.15) is 13.2 Å². The highest BCUT2D eigenvalue weighted by Crippen LogP contribution is 2.35. The predicted octanol–water partition coefficient (Wildman–Crippen LogP) is 2.79. The molecule has 0 fully saturated rings. The quantitative estimate of drug-likeness (QED) is 0.684. The molecule has 0 aliphatic carbocycles. The van der Waals surface area contributed by atoms with E-state index in [1.54, 1.807) is 4.57 Å². The zero-order valence-corrected chi connectivity index (χ0v) is 11.8. The maximum absolute atomic E-state index is 13.2. The molecule has 118 valence electrons. The molecule has 1 aliphatic heterocycles. The molecular weight excluding hydrogens is 309 g/mol. The van der Waals surface area contributed by atoms with Crippen LogP contribution in [0.25, 0.3) is 4.85 Å². The molecule has 2 aromatic rings. The number of hydrogen-bond donors (Lipinski definition) is 1. The van der Waals surface area contributed by atoms with Crippen molar-refractivity contribution in [2.24, 2.45) is 0 Å². The van der Waals surface area contributed by atoms with E-state index in [-0.39, 0.29) is 11.4 Å². The maximum Gasteiger partial charge on any atom is 0.415 e. The highest BCUT2D eigenvalue weighted by atomic mass is 19.4. The van der Waals surface area contributed by atoms with Gasteiger partial charge < -0.3 is 9.88 Å². The molecule has 0 saturated heterocycles. The van der Waals surface area contributed by atoms with Crippen LogP contribution in [0.3, 0.4) is 0 Å². The summed E-state index contributed by atoms with van der Waals surface area (Å²) in [5, 5.41) is 3.08. The van der Waals surface area contributed by atoms with Crippen molar-refractivity contribution in [1.29, 1.82) is 0 Å². The number of halogens is 3. The van der Waals surface area contributed by atoms with E-state index in [1.807, 2.05) is 0 Å². The lowest BCUT2D eigenvalue weighted by Gasteiger charge is -2.18. The Kier molecular flexibility index (Phi) is 3.66. The molecule has 23 heavy (non-hydrogen) atoms. The zero-order valence-electron chi connectivity index (χ0n) is 11.8. The first kappa shape index (κ1) is 15.2. The van der Waals surface area contributed by atoms with Crippen molar-refractivity contribution in [3.63, 3.8) is 0 Å². The SMILES string of the molecule is [C-]#[N+]c1ccc(C(=O)c2cnc3n2CCNC3)c(C(F)(F)F)c1. The summed E-state index contributed by atoms with van der Waals surface area (Å²) in [6, 6.07) is 2.97. The number of fused-ring (bicyclic) bond motifs is 1. The molecule has 3 rings (SSSR count). The van der Waals surface area contributed by atoms with Gasteiger partial charge in [0.1, 0.15) is 11.5 Å². The Morgan fingerprint density at radius 1 is 1.39 bits per heavy atom. The highest BCUT2D eigenvalue weighted by molar-refractivity contribution is 6.09. The van der Waals surface area contributed by atoms with E-state index in [0.717, 1.165) is 6.07 Å². The normalized spacial score (nSPS) is 14.2. The van der Waals surface area contributed by atoms with Crippen molar-refractivity contribution in [3.05, 3.63) is 58.5 Å². The van der Waals surface area contributed by atoms with Crippen molar-refractivity contribution in [3.8, 4) is 0 Å². The number of benzene rings is 1. The summed E-state index contributed by atoms with van der Waals surface area (Å²) in [6.45, 7) is 8.39. The van der Waals surface area contributed by atoms with Crippen LogP contribution in [0.2, 0.25) is 0 Å². The van der Waals surface area contributed by atoms with Gasteiger partial charge in [-0.15, -0.1) is 0 Å². The predicted molar refractivity (Wildman–Crippen MR) is 75.1 cm³/mol. The van der Waals surface area contributed by atoms with Crippen LogP contribution in [0.4, 0.5) is 18.9 Å². The molecule has 0 radical (unpaired) electrons. The Labute approximate surface area is 129 Å². The van der Waals surface area contributed by atoms with Gasteiger partial charge in [-0.1, -0.05) is 12.1 Å². The summed E-state index contributed by atoms with van der Waals surface area (Å²) in [6.07, 6.45) is -3.41. The minimum Gasteiger partial charge on any atom is -0.323 e. The van der Waals surface area contributed by atoms with Crippen molar-refractivity contribution >= 4 is 11.5 Å². The molecule has 0 atom stereocenters. The minimum atomic E-state index is -4.71. The van der Waals surface area contributed by atoms with Crippen molar-refractivity contribution < 1.29 is 18.0 Å². The van der Waals surface area contributed by atoms with Crippen LogP contribution in [0, 0.1) is 6.57 Å². The Morgan fingerprint density at radius 2 is 2.17 bits per heavy atom. The number of nitrogens with zero attached hydrogens (tertiary/aromatic N) is 3. The first-order valence-corrected chi connectivity index (χ1v) is 6.80. The molecule has 1 aromatic heterocycles. The van der Waals surface area contributed by atoms with Crippen LogP contribution in [0.1, 0.15) is 27.4 Å². The number of carbonyl (C=O) groups excluding carboxylic acids is 1. The van der Waals surface area contributed by atoms with E-state index in [2.05, 4.69) is 15.1 Å². The van der Waals surface area contributed by atoms with Crippen LogP contribution >= 0.6 is 0 Å². The summed E-state index contributed by atoms with van der Waals surface area (Å²) in [4.78, 5) is 19.7. The van der Waals surface area contributed by atoms with E-state index in [4.69, 9.17) is 6.57 Å². The van der Waals surface area contributed by atoms with E-state index in [1.165, 1.54) is 12.3 Å². The van der Waals surface area contributed by atoms with Crippen LogP contribution in [-0.2, 0) is 19.3 Å². The van der Waals surface area contributed by atoms with Gasteiger partial charge in [-0.25, -0.2) is 9.83 Å². The second-order valence-electron chi connectivity index (χ2n) is 5.06. The number of hydrogen-bond acceptors (Lipinski definition) is 3. The van der Waals surface area contributed by atoms with Gasteiger partial charge in [-0.3, -0.25) is 4.79 Å². The minimum absolute atomic E-state index is 0.127. The molecule has 0 saturated carbocycles. The van der Waals surface area contributed by atoms with E-state index >= 15 is 0 Å². The smallest absolute Gasteiger partial charge is 0.323 e. The summed E-state index contributed by atoms with van der Waals surface area (Å²) in [5.74, 6) is -0.125. The molecule has 0 bridgehead atoms. The zero-order chi connectivity index (χ0) is 16.6. The lowest BCUT2D eigenvalue weighted by molar-refractivity contribution is -0.137. The molecule has 1 aliphatic rings. The van der Waals surface area contributed by atoms with Crippen molar-refractivity contribution in [2.45, 2.75) is 19.3 Å². The monoisotopic (exact) mass is 320 g/mol. The highest BCUT2D eigenvalue weighted by Gasteiger charge is 2.36. The third kappa shape index (κ3) is 2.71. The van der Waals surface area contributed by atoms with E-state index in [0.29, 0.717) is 31.5 Å². The molecule has 8 heteroatoms. The van der Waals surface area contributed by atoms with Crippen molar-refractivity contribution in [1.82, 2.24) is 14.9 Å². The van der Waals surface area contributed by atoms with Gasteiger partial charge in [0.25, 0.3) is 0 Å². The van der Waals surface area contributed by atoms with Crippen LogP contribution < -0.4 is 5.32 Å². The van der Waals surface area contributed by atoms with Gasteiger partial charge in [-0.05, 0) is 6.07 Å². The summed E-state index contributed by atoms with van der Waals surface area (Å²) >= 11 is 0. The Hall–Kier alpha value is -2.66. The lowest BCUT2D eigenvalue weighted by atomic mass is 10.0. The average Bonchev–Trinajstić information content (AvgIpc) is 2.97. The van der Waals surface area contributed by atoms with Gasteiger partial charge >= 0.3 is 6.18 Å². The number of aromatic nitrogens is 2. The molecule has 1 N–H and O–H groups in total. The molecule has 5 nitrogen and oxygen atoms in total. The maximum atomic E-state index is 13.2. The average molecular weight is 320 g/mol. The largest absolute Gasteiger partial charge is 0.415 e. The van der Waals surface area contributed by atoms with Crippen LogP contribution in [0.15, 0.2) is 24.4 Å². The van der Waals surface area contributed by atoms with Gasteiger partial charge in [0.05, 0.1) is 24.9 Å².